The van der Waals surface area contributed by atoms with Gasteiger partial charge in [-0.2, -0.15) is 0 Å². The van der Waals surface area contributed by atoms with E-state index in [2.05, 4.69) is 4.98 Å². The van der Waals surface area contributed by atoms with Gasteiger partial charge in [0.1, 0.15) is 18.2 Å². The highest BCUT2D eigenvalue weighted by Crippen LogP contribution is 2.11. The van der Waals surface area contributed by atoms with Gasteiger partial charge in [0, 0.05) is 6.42 Å². The lowest BCUT2D eigenvalue weighted by Gasteiger charge is -1.96. The zero-order chi connectivity index (χ0) is 10.7. The lowest BCUT2D eigenvalue weighted by Crippen LogP contribution is -1.88. The Kier molecular flexibility index (Phi) is 2.78. The van der Waals surface area contributed by atoms with E-state index in [1.165, 1.54) is 18.3 Å². The summed E-state index contributed by atoms with van der Waals surface area (Å²) in [5.41, 5.74) is 0.793. The van der Waals surface area contributed by atoms with Gasteiger partial charge >= 0.3 is 0 Å². The molecule has 0 aliphatic rings. The number of hydrogen-bond acceptors (Lipinski definition) is 3. The second-order valence-corrected chi connectivity index (χ2v) is 3.19. The number of halogens is 1. The van der Waals surface area contributed by atoms with E-state index in [9.17, 15) is 4.39 Å². The second-order valence-electron chi connectivity index (χ2n) is 3.19. The monoisotopic (exact) mass is 207 g/mol. The van der Waals surface area contributed by atoms with Crippen molar-refractivity contribution in [1.82, 2.24) is 4.98 Å². The first-order chi connectivity index (χ1) is 7.28. The van der Waals surface area contributed by atoms with Crippen LogP contribution < -0.4 is 0 Å². The quantitative estimate of drug-likeness (QED) is 0.836. The van der Waals surface area contributed by atoms with Gasteiger partial charge in [0.05, 0.1) is 6.20 Å². The van der Waals surface area contributed by atoms with Crippen LogP contribution in [0.1, 0.15) is 17.2 Å². The number of aliphatic hydroxyl groups is 1. The largest absolute Gasteiger partial charge is 0.443 e. The summed E-state index contributed by atoms with van der Waals surface area (Å²) < 4.78 is 18.0. The van der Waals surface area contributed by atoms with Crippen LogP contribution in [0.5, 0.6) is 0 Å². The smallest absolute Gasteiger partial charge is 0.198 e. The molecule has 15 heavy (non-hydrogen) atoms. The lowest BCUT2D eigenvalue weighted by molar-refractivity contribution is 0.244. The minimum atomic E-state index is -0.276. The molecule has 0 unspecified atom stereocenters. The predicted molar refractivity (Wildman–Crippen MR) is 51.6 cm³/mol. The molecule has 0 radical (unpaired) electrons. The molecule has 0 bridgehead atoms. The first-order valence-corrected chi connectivity index (χ1v) is 4.57. The van der Waals surface area contributed by atoms with Crippen LogP contribution >= 0.6 is 0 Å². The molecule has 4 heteroatoms. The van der Waals surface area contributed by atoms with E-state index in [1.54, 1.807) is 12.1 Å². The summed E-state index contributed by atoms with van der Waals surface area (Å²) in [6.07, 6.45) is 1.90. The molecule has 78 valence electrons. The van der Waals surface area contributed by atoms with E-state index >= 15 is 0 Å². The molecule has 0 aliphatic carbocycles. The maximum absolute atomic E-state index is 12.9. The Labute approximate surface area is 86.2 Å². The standard InChI is InChI=1S/C11H10FNO2/c12-9-3-1-2-8(4-9)5-11-13-6-10(7-14)15-11/h1-4,6,14H,5,7H2. The number of aliphatic hydroxyl groups excluding tert-OH is 1. The van der Waals surface area contributed by atoms with Gasteiger partial charge in [-0.15, -0.1) is 0 Å². The zero-order valence-electron chi connectivity index (χ0n) is 7.98. The van der Waals surface area contributed by atoms with Crippen molar-refractivity contribution in [3.8, 4) is 0 Å². The topological polar surface area (TPSA) is 46.3 Å². The Morgan fingerprint density at radius 2 is 2.27 bits per heavy atom. The molecule has 1 N–H and O–H groups in total. The van der Waals surface area contributed by atoms with Crippen LogP contribution in [0, 0.1) is 5.82 Å². The highest BCUT2D eigenvalue weighted by Gasteiger charge is 2.04. The molecular weight excluding hydrogens is 197 g/mol. The minimum absolute atomic E-state index is 0.170. The first-order valence-electron chi connectivity index (χ1n) is 4.57. The number of aromatic nitrogens is 1. The van der Waals surface area contributed by atoms with Crippen LogP contribution in [0.3, 0.4) is 0 Å². The molecule has 0 fully saturated rings. The van der Waals surface area contributed by atoms with Crippen LogP contribution in [-0.2, 0) is 13.0 Å². The molecule has 1 heterocycles. The van der Waals surface area contributed by atoms with Crippen molar-refractivity contribution in [2.24, 2.45) is 0 Å². The molecule has 0 aliphatic heterocycles. The third-order valence-electron chi connectivity index (χ3n) is 2.00. The van der Waals surface area contributed by atoms with Gasteiger partial charge in [0.2, 0.25) is 0 Å². The van der Waals surface area contributed by atoms with Gasteiger partial charge in [-0.25, -0.2) is 9.37 Å². The van der Waals surface area contributed by atoms with Crippen molar-refractivity contribution in [2.75, 3.05) is 0 Å². The number of hydrogen-bond donors (Lipinski definition) is 1. The maximum Gasteiger partial charge on any atom is 0.198 e. The first kappa shape index (κ1) is 9.86. The van der Waals surface area contributed by atoms with E-state index in [0.29, 0.717) is 18.1 Å². The molecule has 2 aromatic rings. The molecule has 0 saturated carbocycles. The Balaban J connectivity index is 2.14. The second kappa shape index (κ2) is 4.23. The predicted octanol–water partition coefficient (Wildman–Crippen LogP) is 1.90. The minimum Gasteiger partial charge on any atom is -0.443 e. The van der Waals surface area contributed by atoms with Crippen LogP contribution in [0.4, 0.5) is 4.39 Å². The molecule has 3 nitrogen and oxygen atoms in total. The van der Waals surface area contributed by atoms with E-state index in [-0.39, 0.29) is 12.4 Å². The lowest BCUT2D eigenvalue weighted by atomic mass is 10.1. The van der Waals surface area contributed by atoms with E-state index in [0.717, 1.165) is 5.56 Å². The van der Waals surface area contributed by atoms with Crippen LogP contribution in [0.25, 0.3) is 0 Å². The van der Waals surface area contributed by atoms with Gasteiger partial charge in [0.25, 0.3) is 0 Å². The summed E-state index contributed by atoms with van der Waals surface area (Å²) in [5, 5.41) is 8.77. The summed E-state index contributed by atoms with van der Waals surface area (Å²) in [4.78, 5) is 3.96. The molecule has 0 amide bonds. The molecule has 2 rings (SSSR count). The Morgan fingerprint density at radius 1 is 1.40 bits per heavy atom. The Morgan fingerprint density at radius 3 is 2.93 bits per heavy atom. The average molecular weight is 207 g/mol. The van der Waals surface area contributed by atoms with Crippen LogP contribution in [-0.4, -0.2) is 10.1 Å². The van der Waals surface area contributed by atoms with Gasteiger partial charge in [-0.05, 0) is 17.7 Å². The van der Waals surface area contributed by atoms with Gasteiger partial charge in [-0.3, -0.25) is 0 Å². The summed E-state index contributed by atoms with van der Waals surface area (Å²) in [6.45, 7) is -0.170. The summed E-state index contributed by atoms with van der Waals surface area (Å²) in [6, 6.07) is 6.26. The van der Waals surface area contributed by atoms with Crippen molar-refractivity contribution in [3.63, 3.8) is 0 Å². The van der Waals surface area contributed by atoms with Gasteiger partial charge in [-0.1, -0.05) is 12.1 Å². The van der Waals surface area contributed by atoms with Crippen molar-refractivity contribution >= 4 is 0 Å². The fraction of sp³-hybridized carbons (Fsp3) is 0.182. The third-order valence-corrected chi connectivity index (χ3v) is 2.00. The van der Waals surface area contributed by atoms with Crippen molar-refractivity contribution < 1.29 is 13.9 Å². The molecule has 0 spiro atoms. The normalized spacial score (nSPS) is 10.5. The highest BCUT2D eigenvalue weighted by atomic mass is 19.1. The average Bonchev–Trinajstić information content (AvgIpc) is 2.65. The fourth-order valence-corrected chi connectivity index (χ4v) is 1.32. The zero-order valence-corrected chi connectivity index (χ0v) is 7.98. The third kappa shape index (κ3) is 2.41. The fourth-order valence-electron chi connectivity index (χ4n) is 1.32. The molecule has 0 atom stereocenters. The van der Waals surface area contributed by atoms with E-state index in [4.69, 9.17) is 9.52 Å². The van der Waals surface area contributed by atoms with E-state index in [1.807, 2.05) is 0 Å². The van der Waals surface area contributed by atoms with Crippen molar-refractivity contribution in [1.29, 1.82) is 0 Å². The van der Waals surface area contributed by atoms with Crippen molar-refractivity contribution in [3.05, 3.63) is 53.5 Å². The molecule has 0 saturated heterocycles. The highest BCUT2D eigenvalue weighted by molar-refractivity contribution is 5.19. The summed E-state index contributed by atoms with van der Waals surface area (Å²) in [7, 11) is 0. The Bertz CT molecular complexity index is 453. The van der Waals surface area contributed by atoms with Gasteiger partial charge in [0.15, 0.2) is 5.89 Å². The van der Waals surface area contributed by atoms with Crippen LogP contribution in [0.2, 0.25) is 0 Å². The summed E-state index contributed by atoms with van der Waals surface area (Å²) in [5.74, 6) is 0.618. The molecule has 1 aromatic carbocycles. The van der Waals surface area contributed by atoms with Gasteiger partial charge < -0.3 is 9.52 Å². The SMILES string of the molecule is OCc1cnc(Cc2cccc(F)c2)o1. The molecule has 1 aromatic heterocycles. The van der Waals surface area contributed by atoms with Crippen LogP contribution in [0.15, 0.2) is 34.9 Å². The summed E-state index contributed by atoms with van der Waals surface area (Å²) >= 11 is 0. The number of oxazole rings is 1. The Hall–Kier alpha value is -1.68. The molecular formula is C11H10FNO2. The number of nitrogens with zero attached hydrogens (tertiary/aromatic N) is 1. The number of rotatable bonds is 3. The maximum atomic E-state index is 12.9. The van der Waals surface area contributed by atoms with E-state index < -0.39 is 0 Å². The van der Waals surface area contributed by atoms with Crippen molar-refractivity contribution in [2.45, 2.75) is 13.0 Å². The number of benzene rings is 1.